The van der Waals surface area contributed by atoms with Crippen LogP contribution in [-0.4, -0.2) is 15.2 Å². The first kappa shape index (κ1) is 31.6. The van der Waals surface area contributed by atoms with Crippen molar-refractivity contribution >= 4 is 71.2 Å². The highest BCUT2D eigenvalue weighted by Gasteiger charge is 2.39. The van der Waals surface area contributed by atoms with Gasteiger partial charge >= 0.3 is 0 Å². The molecule has 11 aromatic rings. The molecule has 0 amide bonds. The Morgan fingerprint density at radius 3 is 1.71 bits per heavy atom. The summed E-state index contributed by atoms with van der Waals surface area (Å²) in [6.07, 6.45) is 6.71. The summed E-state index contributed by atoms with van der Waals surface area (Å²) in [4.78, 5) is 0. The van der Waals surface area contributed by atoms with Crippen LogP contribution in [0.15, 0.2) is 199 Å². The lowest BCUT2D eigenvalue weighted by Crippen LogP contribution is -2.18. The summed E-state index contributed by atoms with van der Waals surface area (Å²) in [5.74, 6) is 0.794. The molecule has 2 atom stereocenters. The number of aromatic nitrogens is 2. The number of nitrogens with zero attached hydrogens (tertiary/aromatic N) is 2. The van der Waals surface area contributed by atoms with Crippen molar-refractivity contribution in [2.24, 2.45) is 0 Å². The molecule has 0 N–H and O–H groups in total. The average Bonchev–Trinajstić information content (AvgIpc) is 4.04. The Kier molecular flexibility index (Phi) is 6.53. The van der Waals surface area contributed by atoms with Crippen molar-refractivity contribution in [2.75, 3.05) is 0 Å². The van der Waals surface area contributed by atoms with Gasteiger partial charge in [-0.25, -0.2) is 0 Å². The number of hydrogen-bond donors (Lipinski definition) is 0. The molecule has 0 radical (unpaired) electrons. The number of rotatable bonds is 4. The van der Waals surface area contributed by atoms with Crippen LogP contribution in [0.25, 0.3) is 99.2 Å². The molecule has 4 nitrogen and oxygen atoms in total. The van der Waals surface area contributed by atoms with Gasteiger partial charge < -0.3 is 18.3 Å². The number of furan rings is 1. The molecule has 4 heteroatoms. The van der Waals surface area contributed by atoms with Crippen molar-refractivity contribution in [1.29, 1.82) is 0 Å². The third-order valence-electron chi connectivity index (χ3n) is 12.4. The second-order valence-corrected chi connectivity index (χ2v) is 15.6. The average molecular weight is 743 g/mol. The maximum Gasteiger partial charge on any atom is 0.177 e. The molecule has 13 rings (SSSR count). The second kappa shape index (κ2) is 12.0. The van der Waals surface area contributed by atoms with E-state index in [1.54, 1.807) is 0 Å². The van der Waals surface area contributed by atoms with Gasteiger partial charge in [0.05, 0.1) is 22.1 Å². The van der Waals surface area contributed by atoms with Crippen LogP contribution in [0.5, 0.6) is 5.75 Å². The van der Waals surface area contributed by atoms with Crippen LogP contribution in [0.3, 0.4) is 0 Å². The van der Waals surface area contributed by atoms with Gasteiger partial charge in [0, 0.05) is 55.2 Å². The second-order valence-electron chi connectivity index (χ2n) is 15.6. The fourth-order valence-electron chi connectivity index (χ4n) is 9.90. The molecule has 1 aliphatic heterocycles. The SMILES string of the molecule is C1=CC2Oc3c(c(-c4cccc(-c5ccccc5)c4)cc4c3oc3ccc(-n5c6ccccc6c6ccccc65)cc34)C2C=C1n1c2ccccc2c2ccccc21. The Bertz CT molecular complexity index is 3450. The first-order chi connectivity index (χ1) is 28.8. The number of allylic oxidation sites excluding steroid dienone is 2. The van der Waals surface area contributed by atoms with E-state index in [2.05, 4.69) is 203 Å². The van der Waals surface area contributed by atoms with E-state index in [1.807, 2.05) is 0 Å². The molecule has 4 heterocycles. The Morgan fingerprint density at radius 1 is 0.448 bits per heavy atom. The van der Waals surface area contributed by atoms with Gasteiger partial charge in [0.15, 0.2) is 11.3 Å². The zero-order valence-corrected chi connectivity index (χ0v) is 31.3. The molecule has 0 saturated carbocycles. The van der Waals surface area contributed by atoms with E-state index in [-0.39, 0.29) is 12.0 Å². The number of benzene rings is 8. The predicted molar refractivity (Wildman–Crippen MR) is 239 cm³/mol. The number of fused-ring (bicyclic) bond motifs is 13. The quantitative estimate of drug-likeness (QED) is 0.180. The molecule has 0 saturated heterocycles. The summed E-state index contributed by atoms with van der Waals surface area (Å²) < 4.78 is 18.7. The van der Waals surface area contributed by atoms with E-state index in [1.165, 1.54) is 54.7 Å². The highest BCUT2D eigenvalue weighted by atomic mass is 16.5. The molecule has 0 spiro atoms. The molecule has 0 bridgehead atoms. The highest BCUT2D eigenvalue weighted by Crippen LogP contribution is 2.53. The van der Waals surface area contributed by atoms with Gasteiger partial charge in [-0.3, -0.25) is 0 Å². The van der Waals surface area contributed by atoms with E-state index in [0.29, 0.717) is 0 Å². The molecule has 272 valence electrons. The monoisotopic (exact) mass is 742 g/mol. The molecule has 2 unspecified atom stereocenters. The third kappa shape index (κ3) is 4.45. The maximum absolute atomic E-state index is 7.05. The highest BCUT2D eigenvalue weighted by molar-refractivity contribution is 6.13. The molecular formula is C54H34N2O2. The van der Waals surface area contributed by atoms with Gasteiger partial charge in [-0.15, -0.1) is 0 Å². The van der Waals surface area contributed by atoms with Crippen LogP contribution in [-0.2, 0) is 0 Å². The molecule has 3 aromatic heterocycles. The van der Waals surface area contributed by atoms with E-state index >= 15 is 0 Å². The maximum atomic E-state index is 7.05. The van der Waals surface area contributed by atoms with Crippen LogP contribution in [0, 0.1) is 0 Å². The zero-order chi connectivity index (χ0) is 37.9. The summed E-state index contributed by atoms with van der Waals surface area (Å²) in [5, 5.41) is 7.09. The van der Waals surface area contributed by atoms with Gasteiger partial charge in [0.2, 0.25) is 0 Å². The molecular weight excluding hydrogens is 709 g/mol. The fraction of sp³-hybridized carbons (Fsp3) is 0.0370. The Balaban J connectivity index is 1.06. The minimum Gasteiger partial charge on any atom is -0.481 e. The Labute approximate surface area is 333 Å². The van der Waals surface area contributed by atoms with E-state index < -0.39 is 0 Å². The minimum absolute atomic E-state index is 0.0314. The smallest absolute Gasteiger partial charge is 0.177 e. The molecule has 1 aliphatic carbocycles. The predicted octanol–water partition coefficient (Wildman–Crippen LogP) is 14.1. The fourth-order valence-corrected chi connectivity index (χ4v) is 9.90. The van der Waals surface area contributed by atoms with Crippen LogP contribution in [0.2, 0.25) is 0 Å². The van der Waals surface area contributed by atoms with Crippen molar-refractivity contribution in [3.8, 4) is 33.7 Å². The summed E-state index contributed by atoms with van der Waals surface area (Å²) in [6, 6.07) is 63.3. The van der Waals surface area contributed by atoms with Crippen molar-refractivity contribution < 1.29 is 9.15 Å². The molecule has 58 heavy (non-hydrogen) atoms. The van der Waals surface area contributed by atoms with E-state index in [4.69, 9.17) is 9.15 Å². The minimum atomic E-state index is -0.171. The molecule has 0 fully saturated rings. The standard InChI is InChI=1S/C54H34N2O2/c1-2-13-33(14-3-1)34-15-12-16-35(29-34)42-32-44-43-30-36(55-46-21-8-4-17-38(46)39-18-5-9-22-47(39)55)25-27-50(43)57-53(44)54-52(42)45-31-37(26-28-51(45)58-54)56-48-23-10-6-19-40(48)41-20-7-11-24-49(41)56/h1-32,45,51H. The first-order valence-electron chi connectivity index (χ1n) is 20.0. The Morgan fingerprint density at radius 2 is 1.03 bits per heavy atom. The van der Waals surface area contributed by atoms with Crippen molar-refractivity contribution in [3.63, 3.8) is 0 Å². The zero-order valence-electron chi connectivity index (χ0n) is 31.3. The lowest BCUT2D eigenvalue weighted by molar-refractivity contribution is 0.269. The third-order valence-corrected chi connectivity index (χ3v) is 12.4. The largest absolute Gasteiger partial charge is 0.481 e. The normalized spacial score (nSPS) is 16.1. The van der Waals surface area contributed by atoms with Gasteiger partial charge in [-0.1, -0.05) is 121 Å². The van der Waals surface area contributed by atoms with Crippen molar-refractivity contribution in [1.82, 2.24) is 9.13 Å². The summed E-state index contributed by atoms with van der Waals surface area (Å²) >= 11 is 0. The van der Waals surface area contributed by atoms with Gasteiger partial charge in [-0.2, -0.15) is 0 Å². The van der Waals surface area contributed by atoms with Crippen LogP contribution >= 0.6 is 0 Å². The number of para-hydroxylation sites is 4. The lowest BCUT2D eigenvalue weighted by Gasteiger charge is -2.21. The summed E-state index contributed by atoms with van der Waals surface area (Å²) in [6.45, 7) is 0. The van der Waals surface area contributed by atoms with Crippen molar-refractivity contribution in [3.05, 3.63) is 200 Å². The van der Waals surface area contributed by atoms with Gasteiger partial charge in [0.1, 0.15) is 11.7 Å². The van der Waals surface area contributed by atoms with E-state index in [9.17, 15) is 0 Å². The van der Waals surface area contributed by atoms with Crippen LogP contribution < -0.4 is 4.74 Å². The van der Waals surface area contributed by atoms with Gasteiger partial charge in [0.25, 0.3) is 0 Å². The van der Waals surface area contributed by atoms with Crippen molar-refractivity contribution in [2.45, 2.75) is 12.0 Å². The molecule has 8 aromatic carbocycles. The molecule has 2 aliphatic rings. The summed E-state index contributed by atoms with van der Waals surface area (Å²) in [5.41, 5.74) is 14.5. The first-order valence-corrected chi connectivity index (χ1v) is 20.0. The van der Waals surface area contributed by atoms with Crippen LogP contribution in [0.4, 0.5) is 0 Å². The number of hydrogen-bond acceptors (Lipinski definition) is 2. The topological polar surface area (TPSA) is 32.2 Å². The summed E-state index contributed by atoms with van der Waals surface area (Å²) in [7, 11) is 0. The van der Waals surface area contributed by atoms with Crippen LogP contribution in [0.1, 0.15) is 11.5 Å². The number of ether oxygens (including phenoxy) is 1. The van der Waals surface area contributed by atoms with Gasteiger partial charge in [-0.05, 0) is 95.1 Å². The lowest BCUT2D eigenvalue weighted by atomic mass is 9.84. The Hall–Kier alpha value is -7.56. The van der Waals surface area contributed by atoms with E-state index in [0.717, 1.165) is 55.8 Å².